The lowest BCUT2D eigenvalue weighted by Gasteiger charge is -2.27. The van der Waals surface area contributed by atoms with Crippen molar-refractivity contribution in [3.8, 4) is 0 Å². The van der Waals surface area contributed by atoms with Gasteiger partial charge in [-0.05, 0) is 31.0 Å². The monoisotopic (exact) mass is 438 g/mol. The second kappa shape index (κ2) is 8.98. The Balaban J connectivity index is 1.51. The summed E-state index contributed by atoms with van der Waals surface area (Å²) in [6.07, 6.45) is 2.85. The summed E-state index contributed by atoms with van der Waals surface area (Å²) in [6.45, 7) is 1.46. The second-order valence-corrected chi connectivity index (χ2v) is 8.49. The lowest BCUT2D eigenvalue weighted by Crippen LogP contribution is -2.35. The molecule has 0 radical (unpaired) electrons. The van der Waals surface area contributed by atoms with Gasteiger partial charge in [0.25, 0.3) is 0 Å². The molecule has 0 saturated heterocycles. The molecule has 1 fully saturated rings. The number of hydrogen-bond acceptors (Lipinski definition) is 5. The maximum absolute atomic E-state index is 14.5. The molecule has 1 aliphatic rings. The smallest absolute Gasteiger partial charge is 0.317 e. The number of benzene rings is 2. The summed E-state index contributed by atoms with van der Waals surface area (Å²) in [4.78, 5) is 31.3. The highest BCUT2D eigenvalue weighted by molar-refractivity contribution is 7.14. The molecule has 0 bridgehead atoms. The number of thiazole rings is 1. The Morgan fingerprint density at radius 1 is 1.10 bits per heavy atom. The van der Waals surface area contributed by atoms with Gasteiger partial charge in [0.05, 0.1) is 16.8 Å². The van der Waals surface area contributed by atoms with Gasteiger partial charge in [0.15, 0.2) is 5.13 Å². The molecule has 0 aliphatic heterocycles. The number of carbonyl (C=O) groups is 2. The molecule has 0 N–H and O–H groups in total. The Kier molecular flexibility index (Phi) is 6.13. The maximum Gasteiger partial charge on any atom is 0.317 e. The molecule has 4 rings (SSSR count). The van der Waals surface area contributed by atoms with Gasteiger partial charge in [-0.2, -0.15) is 0 Å². The fourth-order valence-electron chi connectivity index (χ4n) is 4.16. The van der Waals surface area contributed by atoms with Crippen molar-refractivity contribution in [3.05, 3.63) is 77.1 Å². The second-order valence-electron chi connectivity index (χ2n) is 7.66. The molecule has 1 aromatic heterocycles. The highest BCUT2D eigenvalue weighted by Gasteiger charge is 2.45. The van der Waals surface area contributed by atoms with E-state index in [1.165, 1.54) is 29.2 Å². The van der Waals surface area contributed by atoms with Crippen molar-refractivity contribution in [3.63, 3.8) is 0 Å². The first-order valence-corrected chi connectivity index (χ1v) is 11.1. The Morgan fingerprint density at radius 2 is 1.77 bits per heavy atom. The molecular formula is C24H23FN2O3S. The van der Waals surface area contributed by atoms with Crippen LogP contribution < -0.4 is 4.90 Å². The van der Waals surface area contributed by atoms with Gasteiger partial charge in [0, 0.05) is 17.9 Å². The van der Waals surface area contributed by atoms with E-state index >= 15 is 0 Å². The maximum atomic E-state index is 14.5. The minimum Gasteiger partial charge on any atom is -0.458 e. The van der Waals surface area contributed by atoms with Gasteiger partial charge >= 0.3 is 5.97 Å². The van der Waals surface area contributed by atoms with Crippen LogP contribution in [-0.2, 0) is 26.3 Å². The third-order valence-corrected chi connectivity index (χ3v) is 6.52. The SMILES string of the molecule is CC(=O)N(c1ccccc1)c1nc(COC(=O)C2(c3ccccc3F)CCCC2)cs1. The van der Waals surface area contributed by atoms with Crippen LogP contribution in [0.25, 0.3) is 0 Å². The van der Waals surface area contributed by atoms with Gasteiger partial charge in [-0.1, -0.05) is 49.2 Å². The number of ether oxygens (including phenoxy) is 1. The molecule has 0 spiro atoms. The van der Waals surface area contributed by atoms with Crippen molar-refractivity contribution in [1.82, 2.24) is 4.98 Å². The van der Waals surface area contributed by atoms with Gasteiger partial charge < -0.3 is 4.74 Å². The van der Waals surface area contributed by atoms with E-state index in [1.807, 2.05) is 30.3 Å². The van der Waals surface area contributed by atoms with Crippen LogP contribution in [0.1, 0.15) is 43.9 Å². The van der Waals surface area contributed by atoms with Crippen LogP contribution in [-0.4, -0.2) is 16.9 Å². The molecule has 7 heteroatoms. The van der Waals surface area contributed by atoms with Gasteiger partial charge in [-0.25, -0.2) is 9.37 Å². The first-order chi connectivity index (χ1) is 15.0. The van der Waals surface area contributed by atoms with E-state index in [1.54, 1.807) is 23.6 Å². The van der Waals surface area contributed by atoms with Gasteiger partial charge in [0.1, 0.15) is 12.4 Å². The summed E-state index contributed by atoms with van der Waals surface area (Å²) in [5.41, 5.74) is 0.734. The third-order valence-electron chi connectivity index (χ3n) is 5.65. The van der Waals surface area contributed by atoms with E-state index in [-0.39, 0.29) is 18.3 Å². The van der Waals surface area contributed by atoms with Crippen LogP contribution in [0.5, 0.6) is 0 Å². The number of anilines is 2. The number of carbonyl (C=O) groups excluding carboxylic acids is 2. The zero-order valence-electron chi connectivity index (χ0n) is 17.2. The predicted molar refractivity (Wildman–Crippen MR) is 118 cm³/mol. The Bertz CT molecular complexity index is 1080. The largest absolute Gasteiger partial charge is 0.458 e. The number of aromatic nitrogens is 1. The molecule has 1 amide bonds. The van der Waals surface area contributed by atoms with Crippen molar-refractivity contribution in [2.45, 2.75) is 44.6 Å². The molecule has 3 aromatic rings. The number of rotatable bonds is 6. The van der Waals surface area contributed by atoms with E-state index in [4.69, 9.17) is 4.74 Å². The minimum atomic E-state index is -0.945. The zero-order chi connectivity index (χ0) is 21.8. The average molecular weight is 439 g/mol. The number of halogens is 1. The van der Waals surface area contributed by atoms with Crippen molar-refractivity contribution >= 4 is 34.0 Å². The average Bonchev–Trinajstić information content (AvgIpc) is 3.44. The van der Waals surface area contributed by atoms with Gasteiger partial charge in [-0.3, -0.25) is 14.5 Å². The predicted octanol–water partition coefficient (Wildman–Crippen LogP) is 5.52. The van der Waals surface area contributed by atoms with Gasteiger partial charge in [-0.15, -0.1) is 11.3 Å². The molecule has 1 aliphatic carbocycles. The van der Waals surface area contributed by atoms with Crippen molar-refractivity contribution < 1.29 is 18.7 Å². The molecule has 2 aromatic carbocycles. The van der Waals surface area contributed by atoms with Crippen LogP contribution in [0.2, 0.25) is 0 Å². The quantitative estimate of drug-likeness (QED) is 0.475. The van der Waals surface area contributed by atoms with Crippen molar-refractivity contribution in [2.75, 3.05) is 4.90 Å². The summed E-state index contributed by atoms with van der Waals surface area (Å²) < 4.78 is 20.1. The Labute approximate surface area is 184 Å². The number of esters is 1. The fraction of sp³-hybridized carbons (Fsp3) is 0.292. The van der Waals surface area contributed by atoms with Gasteiger partial charge in [0.2, 0.25) is 5.91 Å². The summed E-state index contributed by atoms with van der Waals surface area (Å²) in [5.74, 6) is -0.957. The molecule has 0 unspecified atom stereocenters. The number of para-hydroxylation sites is 1. The third kappa shape index (κ3) is 4.23. The summed E-state index contributed by atoms with van der Waals surface area (Å²) in [6, 6.07) is 15.7. The van der Waals surface area contributed by atoms with E-state index < -0.39 is 11.4 Å². The van der Waals surface area contributed by atoms with Crippen LogP contribution in [0.4, 0.5) is 15.2 Å². The Hall–Kier alpha value is -3.06. The first kappa shape index (κ1) is 21.2. The van der Waals surface area contributed by atoms with E-state index in [0.29, 0.717) is 29.2 Å². The minimum absolute atomic E-state index is 0.0218. The molecule has 0 atom stereocenters. The standard InChI is InChI=1S/C24H23FN2O3S/c1-17(28)27(19-9-3-2-4-10-19)23-26-18(16-31-23)15-30-22(29)24(13-7-8-14-24)20-11-5-6-12-21(20)25/h2-6,9-12,16H,7-8,13-15H2,1H3. The molecule has 1 saturated carbocycles. The topological polar surface area (TPSA) is 59.5 Å². The van der Waals surface area contributed by atoms with Crippen LogP contribution in [0.15, 0.2) is 60.0 Å². The van der Waals surface area contributed by atoms with Crippen molar-refractivity contribution in [1.29, 1.82) is 0 Å². The zero-order valence-corrected chi connectivity index (χ0v) is 18.0. The molecule has 5 nitrogen and oxygen atoms in total. The highest BCUT2D eigenvalue weighted by Crippen LogP contribution is 2.43. The first-order valence-electron chi connectivity index (χ1n) is 10.2. The lowest BCUT2D eigenvalue weighted by atomic mass is 9.78. The normalized spacial score (nSPS) is 14.9. The molecule has 160 valence electrons. The molecular weight excluding hydrogens is 415 g/mol. The van der Waals surface area contributed by atoms with E-state index in [2.05, 4.69) is 4.98 Å². The van der Waals surface area contributed by atoms with Crippen molar-refractivity contribution in [2.24, 2.45) is 0 Å². The molecule has 1 heterocycles. The van der Waals surface area contributed by atoms with Crippen LogP contribution >= 0.6 is 11.3 Å². The fourth-order valence-corrected chi connectivity index (χ4v) is 5.03. The number of hydrogen-bond donors (Lipinski definition) is 0. The van der Waals surface area contributed by atoms with Crippen LogP contribution in [0, 0.1) is 5.82 Å². The lowest BCUT2D eigenvalue weighted by molar-refractivity contribution is -0.152. The number of nitrogens with zero attached hydrogens (tertiary/aromatic N) is 2. The summed E-state index contributed by atoms with van der Waals surface area (Å²) in [5, 5.41) is 2.28. The number of amides is 1. The van der Waals surface area contributed by atoms with Crippen LogP contribution in [0.3, 0.4) is 0 Å². The Morgan fingerprint density at radius 3 is 2.45 bits per heavy atom. The van der Waals surface area contributed by atoms with E-state index in [0.717, 1.165) is 18.5 Å². The summed E-state index contributed by atoms with van der Waals surface area (Å²) in [7, 11) is 0. The molecule has 31 heavy (non-hydrogen) atoms. The highest BCUT2D eigenvalue weighted by atomic mass is 32.1. The summed E-state index contributed by atoms with van der Waals surface area (Å²) >= 11 is 1.31. The van der Waals surface area contributed by atoms with E-state index in [9.17, 15) is 14.0 Å².